The minimum absolute atomic E-state index is 0.0170. The lowest BCUT2D eigenvalue weighted by atomic mass is 10.0. The highest BCUT2D eigenvalue weighted by Crippen LogP contribution is 2.24. The molecule has 0 unspecified atom stereocenters. The predicted molar refractivity (Wildman–Crippen MR) is 57.1 cm³/mol. The number of halogens is 1. The molecule has 1 heterocycles. The van der Waals surface area contributed by atoms with E-state index in [0.29, 0.717) is 12.5 Å². The minimum atomic E-state index is -0.440. The van der Waals surface area contributed by atoms with Gasteiger partial charge in [0.25, 0.3) is 0 Å². The molecule has 1 aliphatic rings. The van der Waals surface area contributed by atoms with Crippen LogP contribution in [-0.2, 0) is 4.74 Å². The summed E-state index contributed by atoms with van der Waals surface area (Å²) in [6.07, 6.45) is 1.89. The SMILES string of the molecule is Oc1ccc(F)c(OCC2CCOCC2)c1. The first-order valence-electron chi connectivity index (χ1n) is 5.45. The quantitative estimate of drug-likeness (QED) is 0.859. The van der Waals surface area contributed by atoms with E-state index in [1.54, 1.807) is 0 Å². The smallest absolute Gasteiger partial charge is 0.165 e. The highest BCUT2D eigenvalue weighted by molar-refractivity contribution is 5.33. The average molecular weight is 226 g/mol. The van der Waals surface area contributed by atoms with Gasteiger partial charge in [-0.15, -0.1) is 0 Å². The van der Waals surface area contributed by atoms with E-state index >= 15 is 0 Å². The van der Waals surface area contributed by atoms with E-state index in [-0.39, 0.29) is 11.5 Å². The zero-order valence-corrected chi connectivity index (χ0v) is 8.99. The van der Waals surface area contributed by atoms with Crippen molar-refractivity contribution in [2.45, 2.75) is 12.8 Å². The molecule has 1 fully saturated rings. The first-order chi connectivity index (χ1) is 7.75. The normalized spacial score (nSPS) is 17.3. The summed E-state index contributed by atoms with van der Waals surface area (Å²) in [4.78, 5) is 0. The second-order valence-corrected chi connectivity index (χ2v) is 3.98. The van der Waals surface area contributed by atoms with Crippen LogP contribution in [0.2, 0.25) is 0 Å². The van der Waals surface area contributed by atoms with E-state index < -0.39 is 5.82 Å². The van der Waals surface area contributed by atoms with Gasteiger partial charge < -0.3 is 14.6 Å². The lowest BCUT2D eigenvalue weighted by molar-refractivity contribution is 0.0491. The molecule has 0 amide bonds. The number of ether oxygens (including phenoxy) is 2. The fourth-order valence-corrected chi connectivity index (χ4v) is 1.72. The maximum Gasteiger partial charge on any atom is 0.165 e. The van der Waals surface area contributed by atoms with Crippen LogP contribution >= 0.6 is 0 Å². The van der Waals surface area contributed by atoms with Gasteiger partial charge in [0.2, 0.25) is 0 Å². The minimum Gasteiger partial charge on any atom is -0.508 e. The number of benzene rings is 1. The summed E-state index contributed by atoms with van der Waals surface area (Å²) >= 11 is 0. The zero-order valence-electron chi connectivity index (χ0n) is 8.99. The second kappa shape index (κ2) is 5.16. The molecule has 0 saturated carbocycles. The summed E-state index contributed by atoms with van der Waals surface area (Å²) in [7, 11) is 0. The molecule has 0 aliphatic carbocycles. The molecule has 0 bridgehead atoms. The van der Waals surface area contributed by atoms with Crippen molar-refractivity contribution in [2.24, 2.45) is 5.92 Å². The van der Waals surface area contributed by atoms with Gasteiger partial charge in [-0.25, -0.2) is 4.39 Å². The van der Waals surface area contributed by atoms with Crippen LogP contribution in [0.15, 0.2) is 18.2 Å². The summed E-state index contributed by atoms with van der Waals surface area (Å²) in [5.41, 5.74) is 0. The number of phenols is 1. The first kappa shape index (κ1) is 11.2. The van der Waals surface area contributed by atoms with Crippen LogP contribution in [0.1, 0.15) is 12.8 Å². The van der Waals surface area contributed by atoms with E-state index in [1.807, 2.05) is 0 Å². The van der Waals surface area contributed by atoms with Gasteiger partial charge >= 0.3 is 0 Å². The Bertz CT molecular complexity index is 348. The molecule has 1 saturated heterocycles. The molecule has 1 aromatic rings. The Balaban J connectivity index is 1.90. The van der Waals surface area contributed by atoms with Crippen molar-refractivity contribution in [3.05, 3.63) is 24.0 Å². The van der Waals surface area contributed by atoms with E-state index in [2.05, 4.69) is 0 Å². The van der Waals surface area contributed by atoms with Crippen LogP contribution in [-0.4, -0.2) is 24.9 Å². The van der Waals surface area contributed by atoms with Gasteiger partial charge in [-0.3, -0.25) is 0 Å². The Labute approximate surface area is 93.8 Å². The third-order valence-corrected chi connectivity index (χ3v) is 2.73. The Morgan fingerprint density at radius 2 is 2.12 bits per heavy atom. The number of hydrogen-bond acceptors (Lipinski definition) is 3. The fourth-order valence-electron chi connectivity index (χ4n) is 1.72. The molecule has 88 valence electrons. The summed E-state index contributed by atoms with van der Waals surface area (Å²) in [5, 5.41) is 9.21. The monoisotopic (exact) mass is 226 g/mol. The Kier molecular flexibility index (Phi) is 3.62. The van der Waals surface area contributed by atoms with Crippen LogP contribution in [0.3, 0.4) is 0 Å². The molecule has 1 aromatic carbocycles. The highest BCUT2D eigenvalue weighted by atomic mass is 19.1. The largest absolute Gasteiger partial charge is 0.508 e. The van der Waals surface area contributed by atoms with E-state index in [1.165, 1.54) is 18.2 Å². The molecule has 1 aliphatic heterocycles. The second-order valence-electron chi connectivity index (χ2n) is 3.98. The maximum atomic E-state index is 13.3. The molecule has 3 nitrogen and oxygen atoms in total. The van der Waals surface area contributed by atoms with Gasteiger partial charge in [0.05, 0.1) is 6.61 Å². The Hall–Kier alpha value is -1.29. The van der Waals surface area contributed by atoms with Gasteiger partial charge in [-0.05, 0) is 30.9 Å². The molecular formula is C12H15FO3. The summed E-state index contributed by atoms with van der Waals surface area (Å²) in [6.45, 7) is 1.97. The fraction of sp³-hybridized carbons (Fsp3) is 0.500. The third kappa shape index (κ3) is 2.85. The van der Waals surface area contributed by atoms with Crippen molar-refractivity contribution in [3.8, 4) is 11.5 Å². The van der Waals surface area contributed by atoms with Crippen LogP contribution < -0.4 is 4.74 Å². The molecule has 0 radical (unpaired) electrons. The molecule has 0 aromatic heterocycles. The summed E-state index contributed by atoms with van der Waals surface area (Å²) < 4.78 is 23.9. The number of aromatic hydroxyl groups is 1. The van der Waals surface area contributed by atoms with Crippen molar-refractivity contribution < 1.29 is 19.0 Å². The van der Waals surface area contributed by atoms with Gasteiger partial charge in [0, 0.05) is 19.3 Å². The average Bonchev–Trinajstić information content (AvgIpc) is 2.32. The van der Waals surface area contributed by atoms with Crippen LogP contribution in [0.4, 0.5) is 4.39 Å². The lowest BCUT2D eigenvalue weighted by Crippen LogP contribution is -2.21. The van der Waals surface area contributed by atoms with Crippen LogP contribution in [0.25, 0.3) is 0 Å². The van der Waals surface area contributed by atoms with E-state index in [4.69, 9.17) is 9.47 Å². The predicted octanol–water partition coefficient (Wildman–Crippen LogP) is 2.34. The topological polar surface area (TPSA) is 38.7 Å². The van der Waals surface area contributed by atoms with Gasteiger partial charge in [-0.2, -0.15) is 0 Å². The molecular weight excluding hydrogens is 211 g/mol. The summed E-state index contributed by atoms with van der Waals surface area (Å²) in [5.74, 6) is 0.107. The lowest BCUT2D eigenvalue weighted by Gasteiger charge is -2.22. The highest BCUT2D eigenvalue weighted by Gasteiger charge is 2.15. The molecule has 1 N–H and O–H groups in total. The molecule has 4 heteroatoms. The third-order valence-electron chi connectivity index (χ3n) is 2.73. The Morgan fingerprint density at radius 3 is 2.88 bits per heavy atom. The van der Waals surface area contributed by atoms with Crippen molar-refractivity contribution in [2.75, 3.05) is 19.8 Å². The van der Waals surface area contributed by atoms with Crippen molar-refractivity contribution in [1.29, 1.82) is 0 Å². The standard InChI is InChI=1S/C12H15FO3/c13-11-2-1-10(14)7-12(11)16-8-9-3-5-15-6-4-9/h1-2,7,9,14H,3-6,8H2. The molecule has 0 spiro atoms. The first-order valence-corrected chi connectivity index (χ1v) is 5.45. The van der Waals surface area contributed by atoms with E-state index in [0.717, 1.165) is 26.1 Å². The maximum absolute atomic E-state index is 13.3. The number of hydrogen-bond donors (Lipinski definition) is 1. The molecule has 0 atom stereocenters. The van der Waals surface area contributed by atoms with Crippen molar-refractivity contribution >= 4 is 0 Å². The zero-order chi connectivity index (χ0) is 11.4. The van der Waals surface area contributed by atoms with Crippen LogP contribution in [0.5, 0.6) is 11.5 Å². The van der Waals surface area contributed by atoms with E-state index in [9.17, 15) is 9.50 Å². The summed E-state index contributed by atoms with van der Waals surface area (Å²) in [6, 6.07) is 3.81. The van der Waals surface area contributed by atoms with Crippen LogP contribution in [0, 0.1) is 11.7 Å². The van der Waals surface area contributed by atoms with Crippen molar-refractivity contribution in [1.82, 2.24) is 0 Å². The Morgan fingerprint density at radius 1 is 1.38 bits per heavy atom. The number of rotatable bonds is 3. The molecule has 2 rings (SSSR count). The van der Waals surface area contributed by atoms with Gasteiger partial charge in [-0.1, -0.05) is 0 Å². The van der Waals surface area contributed by atoms with Gasteiger partial charge in [0.1, 0.15) is 5.75 Å². The number of phenolic OH excluding ortho intramolecular Hbond substituents is 1. The molecule has 16 heavy (non-hydrogen) atoms. The van der Waals surface area contributed by atoms with Gasteiger partial charge in [0.15, 0.2) is 11.6 Å². The van der Waals surface area contributed by atoms with Crippen molar-refractivity contribution in [3.63, 3.8) is 0 Å².